The molecule has 88 valence electrons. The van der Waals surface area contributed by atoms with Crippen LogP contribution in [0, 0.1) is 11.6 Å². The molecule has 0 aliphatic heterocycles. The number of halogens is 3. The molecule has 0 saturated heterocycles. The molecule has 1 aromatic carbocycles. The second-order valence-electron chi connectivity index (χ2n) is 3.19. The summed E-state index contributed by atoms with van der Waals surface area (Å²) in [4.78, 5) is 10.7. The zero-order valence-corrected chi connectivity index (χ0v) is 10.0. The summed E-state index contributed by atoms with van der Waals surface area (Å²) in [6, 6.07) is 0.937. The number of aliphatic carboxylic acids is 1. The number of nitrogens with one attached hydrogen (secondary N) is 1. The van der Waals surface area contributed by atoms with E-state index >= 15 is 0 Å². The Kier molecular flexibility index (Phi) is 4.23. The summed E-state index contributed by atoms with van der Waals surface area (Å²) in [7, 11) is 0. The average Bonchev–Trinajstić information content (AvgIpc) is 2.21. The molecule has 1 aromatic rings. The maximum absolute atomic E-state index is 13.3. The number of carboxylic acid groups (broad SMARTS) is 1. The Morgan fingerprint density at radius 1 is 1.50 bits per heavy atom. The van der Waals surface area contributed by atoms with E-state index in [2.05, 4.69) is 21.2 Å². The molecule has 0 aliphatic rings. The molecule has 0 heterocycles. The Hall–Kier alpha value is -1.17. The van der Waals surface area contributed by atoms with E-state index in [1.54, 1.807) is 6.92 Å². The highest BCUT2D eigenvalue weighted by Crippen LogP contribution is 2.24. The first kappa shape index (κ1) is 12.9. The number of benzene rings is 1. The Morgan fingerprint density at radius 2 is 2.12 bits per heavy atom. The molecule has 1 atom stereocenters. The van der Waals surface area contributed by atoms with E-state index in [1.165, 1.54) is 0 Å². The van der Waals surface area contributed by atoms with Gasteiger partial charge in [-0.15, -0.1) is 0 Å². The van der Waals surface area contributed by atoms with Gasteiger partial charge in [0, 0.05) is 6.07 Å². The predicted octanol–water partition coefficient (Wildman–Crippen LogP) is 3.00. The van der Waals surface area contributed by atoms with Crippen LogP contribution in [0.2, 0.25) is 0 Å². The molecule has 0 bridgehead atoms. The van der Waals surface area contributed by atoms with Crippen LogP contribution in [-0.2, 0) is 4.79 Å². The summed E-state index contributed by atoms with van der Waals surface area (Å²) in [6.07, 6.45) is 0.270. The lowest BCUT2D eigenvalue weighted by molar-refractivity contribution is -0.137. The maximum atomic E-state index is 13.3. The molecule has 0 saturated carbocycles. The van der Waals surface area contributed by atoms with Crippen molar-refractivity contribution in [2.75, 3.05) is 5.32 Å². The summed E-state index contributed by atoms with van der Waals surface area (Å²) in [5.74, 6) is -2.46. The second-order valence-corrected chi connectivity index (χ2v) is 4.04. The summed E-state index contributed by atoms with van der Waals surface area (Å²) in [6.45, 7) is 1.64. The van der Waals surface area contributed by atoms with Crippen molar-refractivity contribution in [3.05, 3.63) is 28.2 Å². The molecule has 0 spiro atoms. The average molecular weight is 294 g/mol. The lowest BCUT2D eigenvalue weighted by atomic mass is 10.2. The third kappa shape index (κ3) is 2.91. The van der Waals surface area contributed by atoms with Crippen molar-refractivity contribution in [2.45, 2.75) is 19.4 Å². The Balaban J connectivity index is 2.96. The number of hydrogen-bond acceptors (Lipinski definition) is 2. The number of carboxylic acids is 1. The molecule has 0 aromatic heterocycles. The Labute approximate surface area is 99.6 Å². The van der Waals surface area contributed by atoms with Gasteiger partial charge in [0.05, 0.1) is 10.2 Å². The van der Waals surface area contributed by atoms with Gasteiger partial charge in [-0.25, -0.2) is 13.6 Å². The number of rotatable bonds is 4. The summed E-state index contributed by atoms with van der Waals surface area (Å²) in [5, 5.41) is 11.2. The lowest BCUT2D eigenvalue weighted by Crippen LogP contribution is -2.28. The topological polar surface area (TPSA) is 49.3 Å². The molecular formula is C10H10BrF2NO2. The largest absolute Gasteiger partial charge is 0.480 e. The Bertz CT molecular complexity index is 412. The summed E-state index contributed by atoms with van der Waals surface area (Å²) < 4.78 is 26.5. The first-order valence-corrected chi connectivity index (χ1v) is 5.39. The molecular weight excluding hydrogens is 284 g/mol. The van der Waals surface area contributed by atoms with Crippen molar-refractivity contribution in [1.82, 2.24) is 0 Å². The highest BCUT2D eigenvalue weighted by Gasteiger charge is 2.17. The summed E-state index contributed by atoms with van der Waals surface area (Å²) >= 11 is 2.83. The fraction of sp³-hybridized carbons (Fsp3) is 0.300. The van der Waals surface area contributed by atoms with Crippen molar-refractivity contribution in [1.29, 1.82) is 0 Å². The van der Waals surface area contributed by atoms with E-state index in [0.717, 1.165) is 12.1 Å². The van der Waals surface area contributed by atoms with Crippen LogP contribution in [0.3, 0.4) is 0 Å². The molecule has 0 aliphatic carbocycles. The fourth-order valence-electron chi connectivity index (χ4n) is 1.16. The Morgan fingerprint density at radius 3 is 2.62 bits per heavy atom. The quantitative estimate of drug-likeness (QED) is 0.839. The summed E-state index contributed by atoms with van der Waals surface area (Å²) in [5.41, 5.74) is -0.157. The van der Waals surface area contributed by atoms with Gasteiger partial charge in [-0.05, 0) is 28.4 Å². The fourth-order valence-corrected chi connectivity index (χ4v) is 1.47. The molecule has 1 unspecified atom stereocenters. The van der Waals surface area contributed by atoms with Crippen LogP contribution >= 0.6 is 15.9 Å². The van der Waals surface area contributed by atoms with Gasteiger partial charge in [0.15, 0.2) is 0 Å². The van der Waals surface area contributed by atoms with Crippen LogP contribution in [0.15, 0.2) is 16.6 Å². The van der Waals surface area contributed by atoms with E-state index in [0.29, 0.717) is 0 Å². The number of hydrogen-bond donors (Lipinski definition) is 2. The van der Waals surface area contributed by atoms with Crippen LogP contribution in [-0.4, -0.2) is 17.1 Å². The van der Waals surface area contributed by atoms with E-state index in [9.17, 15) is 13.6 Å². The highest BCUT2D eigenvalue weighted by atomic mass is 79.9. The smallest absolute Gasteiger partial charge is 0.326 e. The zero-order valence-electron chi connectivity index (χ0n) is 8.43. The van der Waals surface area contributed by atoms with Crippen LogP contribution in [0.1, 0.15) is 13.3 Å². The first-order valence-electron chi connectivity index (χ1n) is 4.59. The highest BCUT2D eigenvalue weighted by molar-refractivity contribution is 9.10. The van der Waals surface area contributed by atoms with Gasteiger partial charge < -0.3 is 10.4 Å². The molecule has 0 radical (unpaired) electrons. The first-order chi connectivity index (χ1) is 7.45. The monoisotopic (exact) mass is 293 g/mol. The van der Waals surface area contributed by atoms with Gasteiger partial charge >= 0.3 is 5.97 Å². The molecule has 0 fully saturated rings. The minimum atomic E-state index is -1.11. The second kappa shape index (κ2) is 5.25. The van der Waals surface area contributed by atoms with Crippen LogP contribution in [0.5, 0.6) is 0 Å². The van der Waals surface area contributed by atoms with Crippen LogP contribution in [0.4, 0.5) is 14.5 Å². The van der Waals surface area contributed by atoms with Gasteiger partial charge in [-0.1, -0.05) is 6.92 Å². The van der Waals surface area contributed by atoms with E-state index in [4.69, 9.17) is 5.11 Å². The van der Waals surface area contributed by atoms with Crippen molar-refractivity contribution >= 4 is 27.6 Å². The van der Waals surface area contributed by atoms with Crippen molar-refractivity contribution in [3.63, 3.8) is 0 Å². The minimum Gasteiger partial charge on any atom is -0.480 e. The van der Waals surface area contributed by atoms with E-state index in [1.807, 2.05) is 0 Å². The van der Waals surface area contributed by atoms with Crippen molar-refractivity contribution in [2.24, 2.45) is 0 Å². The van der Waals surface area contributed by atoms with Gasteiger partial charge in [0.2, 0.25) is 0 Å². The minimum absolute atomic E-state index is 0.000997. The zero-order chi connectivity index (χ0) is 12.3. The van der Waals surface area contributed by atoms with Gasteiger partial charge in [-0.2, -0.15) is 0 Å². The maximum Gasteiger partial charge on any atom is 0.326 e. The van der Waals surface area contributed by atoms with Crippen molar-refractivity contribution in [3.8, 4) is 0 Å². The van der Waals surface area contributed by atoms with Gasteiger partial charge in [0.25, 0.3) is 0 Å². The number of anilines is 1. The predicted molar refractivity (Wildman–Crippen MR) is 59.4 cm³/mol. The van der Waals surface area contributed by atoms with E-state index < -0.39 is 23.6 Å². The van der Waals surface area contributed by atoms with Gasteiger partial charge in [-0.3, -0.25) is 0 Å². The molecule has 6 heteroatoms. The van der Waals surface area contributed by atoms with Crippen LogP contribution in [0.25, 0.3) is 0 Å². The molecule has 2 N–H and O–H groups in total. The third-order valence-corrected chi connectivity index (χ3v) is 2.65. The molecule has 1 rings (SSSR count). The molecule has 0 amide bonds. The standard InChI is InChI=1S/C10H10BrF2NO2/c1-2-8(10(15)16)14-9-4-6(12)5(11)3-7(9)13/h3-4,8,14H,2H2,1H3,(H,15,16). The third-order valence-electron chi connectivity index (χ3n) is 2.05. The number of carbonyl (C=O) groups is 1. The van der Waals surface area contributed by atoms with Crippen molar-refractivity contribution < 1.29 is 18.7 Å². The van der Waals surface area contributed by atoms with Gasteiger partial charge in [0.1, 0.15) is 17.7 Å². The molecule has 3 nitrogen and oxygen atoms in total. The van der Waals surface area contributed by atoms with E-state index in [-0.39, 0.29) is 16.6 Å². The lowest BCUT2D eigenvalue weighted by Gasteiger charge is -2.14. The molecule has 16 heavy (non-hydrogen) atoms. The normalized spacial score (nSPS) is 12.2. The van der Waals surface area contributed by atoms with Crippen LogP contribution < -0.4 is 5.32 Å². The SMILES string of the molecule is CCC(Nc1cc(F)c(Br)cc1F)C(=O)O.